The molecule has 5 heteroatoms. The summed E-state index contributed by atoms with van der Waals surface area (Å²) < 4.78 is 5.72. The standard InChI is InChI=1S/C16H21N3O2/c1-3-4-5-11-21-15-12-13(7-8-14(15)17-2)19-10-6-9-18-16(19)20/h7-8,12H,3-6,9-11H2,1H3,(H,18,20). The van der Waals surface area contributed by atoms with Gasteiger partial charge in [-0.1, -0.05) is 25.8 Å². The molecule has 5 nitrogen and oxygen atoms in total. The Morgan fingerprint density at radius 2 is 2.29 bits per heavy atom. The maximum atomic E-state index is 11.9. The molecule has 1 fully saturated rings. The van der Waals surface area contributed by atoms with Crippen LogP contribution in [0.3, 0.4) is 0 Å². The number of carbonyl (C=O) groups is 1. The minimum Gasteiger partial charge on any atom is -0.505 e. The number of rotatable bonds is 6. The van der Waals surface area contributed by atoms with Crippen LogP contribution in [0.1, 0.15) is 32.6 Å². The molecule has 1 heterocycles. The van der Waals surface area contributed by atoms with Crippen LogP contribution in [0.15, 0.2) is 18.2 Å². The lowest BCUT2D eigenvalue weighted by Crippen LogP contribution is -2.46. The first-order valence-electron chi connectivity index (χ1n) is 7.46. The molecule has 1 aliphatic rings. The SMILES string of the molecule is [C-]#[N+]c1ccc(N2CCCNC2=O)cc1OCCCCC. The fourth-order valence-corrected chi connectivity index (χ4v) is 2.29. The van der Waals surface area contributed by atoms with Crippen molar-refractivity contribution >= 4 is 17.4 Å². The molecule has 2 amide bonds. The van der Waals surface area contributed by atoms with Gasteiger partial charge in [0.25, 0.3) is 0 Å². The van der Waals surface area contributed by atoms with Gasteiger partial charge in [0.05, 0.1) is 13.2 Å². The first-order valence-corrected chi connectivity index (χ1v) is 7.46. The van der Waals surface area contributed by atoms with Gasteiger partial charge >= 0.3 is 6.03 Å². The molecule has 0 aromatic heterocycles. The van der Waals surface area contributed by atoms with Crippen LogP contribution >= 0.6 is 0 Å². The molecule has 0 saturated carbocycles. The van der Waals surface area contributed by atoms with E-state index in [1.54, 1.807) is 23.1 Å². The second-order valence-corrected chi connectivity index (χ2v) is 5.06. The lowest BCUT2D eigenvalue weighted by molar-refractivity contribution is 0.243. The zero-order chi connectivity index (χ0) is 15.1. The summed E-state index contributed by atoms with van der Waals surface area (Å²) in [5.41, 5.74) is 1.28. The first kappa shape index (κ1) is 15.2. The summed E-state index contributed by atoms with van der Waals surface area (Å²) in [4.78, 5) is 17.0. The van der Waals surface area contributed by atoms with Crippen LogP contribution in [0.25, 0.3) is 4.85 Å². The van der Waals surface area contributed by atoms with Crippen molar-refractivity contribution in [3.8, 4) is 5.75 Å². The molecule has 1 N–H and O–H groups in total. The highest BCUT2D eigenvalue weighted by molar-refractivity contribution is 5.93. The summed E-state index contributed by atoms with van der Waals surface area (Å²) in [6.07, 6.45) is 4.14. The molecule has 1 saturated heterocycles. The van der Waals surface area contributed by atoms with Crippen molar-refractivity contribution in [1.29, 1.82) is 0 Å². The molecule has 112 valence electrons. The van der Waals surface area contributed by atoms with E-state index < -0.39 is 0 Å². The van der Waals surface area contributed by atoms with Crippen LogP contribution in [-0.4, -0.2) is 25.7 Å². The molecule has 0 atom stereocenters. The van der Waals surface area contributed by atoms with E-state index in [2.05, 4.69) is 17.1 Å². The van der Waals surface area contributed by atoms with E-state index in [1.165, 1.54) is 0 Å². The Labute approximate surface area is 125 Å². The number of unbranched alkanes of at least 4 members (excludes halogenated alkanes) is 2. The number of benzene rings is 1. The van der Waals surface area contributed by atoms with Gasteiger partial charge in [0, 0.05) is 18.8 Å². The highest BCUT2D eigenvalue weighted by Gasteiger charge is 2.20. The van der Waals surface area contributed by atoms with E-state index in [4.69, 9.17) is 11.3 Å². The smallest absolute Gasteiger partial charge is 0.321 e. The molecule has 0 aliphatic carbocycles. The average molecular weight is 287 g/mol. The van der Waals surface area contributed by atoms with Crippen LogP contribution in [0.2, 0.25) is 0 Å². The summed E-state index contributed by atoms with van der Waals surface area (Å²) in [7, 11) is 0. The normalized spacial score (nSPS) is 14.5. The molecular formula is C16H21N3O2. The number of urea groups is 1. The minimum atomic E-state index is -0.0891. The number of nitrogens with zero attached hydrogens (tertiary/aromatic N) is 2. The molecule has 1 aromatic carbocycles. The van der Waals surface area contributed by atoms with Crippen molar-refractivity contribution in [3.63, 3.8) is 0 Å². The predicted molar refractivity (Wildman–Crippen MR) is 83.1 cm³/mol. The molecule has 0 bridgehead atoms. The lowest BCUT2D eigenvalue weighted by atomic mass is 10.2. The number of ether oxygens (including phenoxy) is 1. The number of nitrogens with one attached hydrogen (secondary N) is 1. The molecule has 21 heavy (non-hydrogen) atoms. The molecule has 0 unspecified atom stereocenters. The van der Waals surface area contributed by atoms with E-state index in [-0.39, 0.29) is 6.03 Å². The van der Waals surface area contributed by atoms with Crippen molar-refractivity contribution in [2.45, 2.75) is 32.6 Å². The van der Waals surface area contributed by atoms with Crippen LogP contribution in [0, 0.1) is 6.57 Å². The van der Waals surface area contributed by atoms with Gasteiger partial charge in [-0.05, 0) is 25.0 Å². The highest BCUT2D eigenvalue weighted by atomic mass is 16.5. The number of hydrogen-bond acceptors (Lipinski definition) is 2. The second kappa shape index (κ2) is 7.53. The van der Waals surface area contributed by atoms with Crippen LogP contribution < -0.4 is 15.0 Å². The van der Waals surface area contributed by atoms with Gasteiger partial charge in [0.2, 0.25) is 5.69 Å². The minimum absolute atomic E-state index is 0.0891. The molecule has 0 radical (unpaired) electrons. The fraction of sp³-hybridized carbons (Fsp3) is 0.500. The topological polar surface area (TPSA) is 45.9 Å². The third-order valence-electron chi connectivity index (χ3n) is 3.46. The quantitative estimate of drug-likeness (QED) is 0.640. The molecule has 1 aromatic rings. The summed E-state index contributed by atoms with van der Waals surface area (Å²) in [5.74, 6) is 0.567. The summed E-state index contributed by atoms with van der Waals surface area (Å²) >= 11 is 0. The van der Waals surface area contributed by atoms with Gasteiger partial charge in [0.1, 0.15) is 5.75 Å². The van der Waals surface area contributed by atoms with Gasteiger partial charge in [-0.15, -0.1) is 0 Å². The highest BCUT2D eigenvalue weighted by Crippen LogP contribution is 2.33. The van der Waals surface area contributed by atoms with Gasteiger partial charge in [-0.2, -0.15) is 0 Å². The molecule has 0 spiro atoms. The van der Waals surface area contributed by atoms with Gasteiger partial charge in [0.15, 0.2) is 0 Å². The predicted octanol–water partition coefficient (Wildman–Crippen LogP) is 3.73. The molecular weight excluding hydrogens is 266 g/mol. The first-order chi connectivity index (χ1) is 10.3. The van der Waals surface area contributed by atoms with Crippen LogP contribution in [0.4, 0.5) is 16.2 Å². The summed E-state index contributed by atoms with van der Waals surface area (Å²) in [6.45, 7) is 11.4. The van der Waals surface area contributed by atoms with Crippen LogP contribution in [-0.2, 0) is 0 Å². The Bertz CT molecular complexity index is 537. The molecule has 2 rings (SSSR count). The van der Waals surface area contributed by atoms with Crippen molar-refractivity contribution in [3.05, 3.63) is 29.6 Å². The van der Waals surface area contributed by atoms with Gasteiger partial charge in [-0.25, -0.2) is 9.64 Å². The Kier molecular flexibility index (Phi) is 5.44. The maximum Gasteiger partial charge on any atom is 0.321 e. The maximum absolute atomic E-state index is 11.9. The number of amides is 2. The monoisotopic (exact) mass is 287 g/mol. The Balaban J connectivity index is 2.13. The average Bonchev–Trinajstić information content (AvgIpc) is 2.52. The Morgan fingerprint density at radius 3 is 3.00 bits per heavy atom. The van der Waals surface area contributed by atoms with Crippen molar-refractivity contribution in [1.82, 2.24) is 5.32 Å². The van der Waals surface area contributed by atoms with Gasteiger partial charge < -0.3 is 10.1 Å². The van der Waals surface area contributed by atoms with Gasteiger partial charge in [-0.3, -0.25) is 4.90 Å². The Hall–Kier alpha value is -2.22. The Morgan fingerprint density at radius 1 is 1.43 bits per heavy atom. The second-order valence-electron chi connectivity index (χ2n) is 5.06. The zero-order valence-corrected chi connectivity index (χ0v) is 12.4. The van der Waals surface area contributed by atoms with E-state index in [1.807, 2.05) is 0 Å². The largest absolute Gasteiger partial charge is 0.505 e. The molecule has 1 aliphatic heterocycles. The fourth-order valence-electron chi connectivity index (χ4n) is 2.29. The van der Waals surface area contributed by atoms with E-state index in [9.17, 15) is 4.79 Å². The number of hydrogen-bond donors (Lipinski definition) is 1. The van der Waals surface area contributed by atoms with Crippen molar-refractivity contribution in [2.24, 2.45) is 0 Å². The summed E-state index contributed by atoms with van der Waals surface area (Å²) in [6, 6.07) is 5.23. The third kappa shape index (κ3) is 3.88. The lowest BCUT2D eigenvalue weighted by Gasteiger charge is -2.28. The van der Waals surface area contributed by atoms with E-state index >= 15 is 0 Å². The van der Waals surface area contributed by atoms with E-state index in [0.717, 1.165) is 37.9 Å². The van der Waals surface area contributed by atoms with Crippen molar-refractivity contribution < 1.29 is 9.53 Å². The van der Waals surface area contributed by atoms with E-state index in [0.29, 0.717) is 24.6 Å². The zero-order valence-electron chi connectivity index (χ0n) is 12.4. The van der Waals surface area contributed by atoms with Crippen molar-refractivity contribution in [2.75, 3.05) is 24.6 Å². The number of anilines is 1. The third-order valence-corrected chi connectivity index (χ3v) is 3.46. The van der Waals surface area contributed by atoms with Crippen LogP contribution in [0.5, 0.6) is 5.75 Å². The summed E-state index contributed by atoms with van der Waals surface area (Å²) in [5, 5.41) is 2.82. The number of carbonyl (C=O) groups excluding carboxylic acids is 1.